The van der Waals surface area contributed by atoms with E-state index < -0.39 is 0 Å². The molecule has 0 bridgehead atoms. The third-order valence-electron chi connectivity index (χ3n) is 3.10. The molecule has 0 aliphatic carbocycles. The monoisotopic (exact) mass is 207 g/mol. The van der Waals surface area contributed by atoms with Crippen LogP contribution in [0.5, 0.6) is 0 Å². The van der Waals surface area contributed by atoms with Gasteiger partial charge in [0, 0.05) is 30.0 Å². The first-order chi connectivity index (χ1) is 7.16. The summed E-state index contributed by atoms with van der Waals surface area (Å²) in [5.74, 6) is 0. The van der Waals surface area contributed by atoms with Crippen molar-refractivity contribution in [3.63, 3.8) is 0 Å². The summed E-state index contributed by atoms with van der Waals surface area (Å²) in [6.07, 6.45) is 4.40. The largest absolute Gasteiger partial charge is 0.364 e. The molecule has 0 radical (unpaired) electrons. The molecule has 2 heterocycles. The average molecular weight is 207 g/mol. The third-order valence-corrected chi connectivity index (χ3v) is 3.10. The van der Waals surface area contributed by atoms with Crippen LogP contribution in [0.1, 0.15) is 32.4 Å². The summed E-state index contributed by atoms with van der Waals surface area (Å²) in [7, 11) is 0. The highest BCUT2D eigenvalue weighted by Gasteiger charge is 2.26. The van der Waals surface area contributed by atoms with Crippen LogP contribution < -0.4 is 10.6 Å². The Morgan fingerprint density at radius 1 is 1.53 bits per heavy atom. The normalized spacial score (nSPS) is 25.3. The number of piperidine rings is 1. The molecular weight excluding hydrogens is 186 g/mol. The Balaban J connectivity index is 1.80. The Morgan fingerprint density at radius 2 is 2.40 bits per heavy atom. The van der Waals surface area contributed by atoms with E-state index in [2.05, 4.69) is 35.5 Å². The molecule has 1 atom stereocenters. The zero-order chi connectivity index (χ0) is 10.7. The van der Waals surface area contributed by atoms with Crippen LogP contribution >= 0.6 is 0 Å². The van der Waals surface area contributed by atoms with E-state index in [4.69, 9.17) is 0 Å². The molecule has 0 saturated carbocycles. The van der Waals surface area contributed by atoms with Crippen LogP contribution in [0, 0.1) is 0 Å². The van der Waals surface area contributed by atoms with Gasteiger partial charge in [-0.25, -0.2) is 0 Å². The molecule has 3 heteroatoms. The van der Waals surface area contributed by atoms with Crippen LogP contribution in [0.25, 0.3) is 0 Å². The lowest BCUT2D eigenvalue weighted by atomic mass is 9.89. The fourth-order valence-electron chi connectivity index (χ4n) is 2.28. The zero-order valence-electron chi connectivity index (χ0n) is 9.64. The van der Waals surface area contributed by atoms with Gasteiger partial charge in [-0.1, -0.05) is 0 Å². The van der Waals surface area contributed by atoms with Crippen molar-refractivity contribution in [1.29, 1.82) is 0 Å². The Labute approximate surface area is 91.7 Å². The minimum absolute atomic E-state index is 0.283. The van der Waals surface area contributed by atoms with Crippen molar-refractivity contribution in [2.75, 3.05) is 6.54 Å². The lowest BCUT2D eigenvalue weighted by Gasteiger charge is -2.36. The molecule has 1 aliphatic rings. The minimum Gasteiger partial charge on any atom is -0.364 e. The van der Waals surface area contributed by atoms with Crippen molar-refractivity contribution in [2.24, 2.45) is 0 Å². The molecular formula is C12H21N3. The van der Waals surface area contributed by atoms with Crippen LogP contribution in [0.3, 0.4) is 0 Å². The van der Waals surface area contributed by atoms with Crippen molar-refractivity contribution >= 4 is 0 Å². The van der Waals surface area contributed by atoms with Crippen LogP contribution in [0.2, 0.25) is 0 Å². The number of aromatic amines is 1. The summed E-state index contributed by atoms with van der Waals surface area (Å²) in [5, 5.41) is 7.14. The van der Waals surface area contributed by atoms with Crippen molar-refractivity contribution in [3.8, 4) is 0 Å². The Morgan fingerprint density at radius 3 is 3.07 bits per heavy atom. The lowest BCUT2D eigenvalue weighted by molar-refractivity contribution is 0.247. The number of hydrogen-bond acceptors (Lipinski definition) is 2. The van der Waals surface area contributed by atoms with Gasteiger partial charge in [0.25, 0.3) is 0 Å². The van der Waals surface area contributed by atoms with Gasteiger partial charge in [-0.2, -0.15) is 0 Å². The number of hydrogen-bond donors (Lipinski definition) is 3. The van der Waals surface area contributed by atoms with E-state index in [9.17, 15) is 0 Å². The fraction of sp³-hybridized carbons (Fsp3) is 0.667. The van der Waals surface area contributed by atoms with E-state index in [1.54, 1.807) is 0 Å². The molecule has 1 aliphatic heterocycles. The van der Waals surface area contributed by atoms with Crippen molar-refractivity contribution < 1.29 is 0 Å². The number of aromatic nitrogens is 1. The first-order valence-corrected chi connectivity index (χ1v) is 5.76. The molecule has 2 rings (SSSR count). The second-order valence-electron chi connectivity index (χ2n) is 5.08. The van der Waals surface area contributed by atoms with Gasteiger partial charge in [0.05, 0.1) is 0 Å². The SMILES string of the molecule is CC1(C)CC(NCc2ccc[nH]2)CCN1. The Kier molecular flexibility index (Phi) is 3.12. The first kappa shape index (κ1) is 10.7. The highest BCUT2D eigenvalue weighted by atomic mass is 15.0. The van der Waals surface area contributed by atoms with Crippen LogP contribution in [0.15, 0.2) is 18.3 Å². The van der Waals surface area contributed by atoms with Crippen molar-refractivity contribution in [2.45, 2.75) is 44.8 Å². The van der Waals surface area contributed by atoms with Gasteiger partial charge in [0.2, 0.25) is 0 Å². The Bertz CT molecular complexity index is 290. The first-order valence-electron chi connectivity index (χ1n) is 5.76. The predicted octanol–water partition coefficient (Wildman–Crippen LogP) is 1.63. The minimum atomic E-state index is 0.283. The van der Waals surface area contributed by atoms with Gasteiger partial charge in [0.15, 0.2) is 0 Å². The van der Waals surface area contributed by atoms with Gasteiger partial charge in [-0.15, -0.1) is 0 Å². The van der Waals surface area contributed by atoms with E-state index >= 15 is 0 Å². The molecule has 1 aromatic heterocycles. The number of rotatable bonds is 3. The van der Waals surface area contributed by atoms with Gasteiger partial charge < -0.3 is 15.6 Å². The molecule has 1 saturated heterocycles. The quantitative estimate of drug-likeness (QED) is 0.705. The molecule has 3 nitrogen and oxygen atoms in total. The fourth-order valence-corrected chi connectivity index (χ4v) is 2.28. The highest BCUT2D eigenvalue weighted by molar-refractivity contribution is 5.03. The van der Waals surface area contributed by atoms with Gasteiger partial charge in [-0.3, -0.25) is 0 Å². The maximum absolute atomic E-state index is 3.61. The van der Waals surface area contributed by atoms with Gasteiger partial charge in [0.1, 0.15) is 0 Å². The predicted molar refractivity (Wildman–Crippen MR) is 62.7 cm³/mol. The lowest BCUT2D eigenvalue weighted by Crippen LogP contribution is -2.51. The molecule has 0 aromatic carbocycles. The van der Waals surface area contributed by atoms with E-state index in [0.717, 1.165) is 13.1 Å². The van der Waals surface area contributed by atoms with Crippen molar-refractivity contribution in [1.82, 2.24) is 15.6 Å². The Hall–Kier alpha value is -0.800. The number of nitrogens with one attached hydrogen (secondary N) is 3. The van der Waals surface area contributed by atoms with E-state index in [0.29, 0.717) is 6.04 Å². The third kappa shape index (κ3) is 3.08. The molecule has 1 fully saturated rings. The molecule has 0 amide bonds. The topological polar surface area (TPSA) is 39.9 Å². The molecule has 1 unspecified atom stereocenters. The maximum atomic E-state index is 3.61. The molecule has 1 aromatic rings. The summed E-state index contributed by atoms with van der Waals surface area (Å²) in [6.45, 7) is 6.62. The summed E-state index contributed by atoms with van der Waals surface area (Å²) in [4.78, 5) is 3.22. The standard InChI is InChI=1S/C12H21N3/c1-12(2)8-10(5-7-15-12)14-9-11-4-3-6-13-11/h3-4,6,10,13-15H,5,7-9H2,1-2H3. The van der Waals surface area contributed by atoms with Crippen molar-refractivity contribution in [3.05, 3.63) is 24.0 Å². The second-order valence-corrected chi connectivity index (χ2v) is 5.08. The van der Waals surface area contributed by atoms with Gasteiger partial charge in [-0.05, 0) is 45.4 Å². The number of H-pyrrole nitrogens is 1. The summed E-state index contributed by atoms with van der Waals surface area (Å²) in [6, 6.07) is 4.81. The molecule has 3 N–H and O–H groups in total. The van der Waals surface area contributed by atoms with Crippen LogP contribution in [0.4, 0.5) is 0 Å². The smallest absolute Gasteiger partial charge is 0.0359 e. The summed E-state index contributed by atoms with van der Waals surface area (Å²) >= 11 is 0. The van der Waals surface area contributed by atoms with Crippen LogP contribution in [-0.4, -0.2) is 23.1 Å². The summed E-state index contributed by atoms with van der Waals surface area (Å²) in [5.41, 5.74) is 1.55. The highest BCUT2D eigenvalue weighted by Crippen LogP contribution is 2.18. The maximum Gasteiger partial charge on any atom is 0.0359 e. The second kappa shape index (κ2) is 4.37. The molecule has 15 heavy (non-hydrogen) atoms. The zero-order valence-corrected chi connectivity index (χ0v) is 9.64. The van der Waals surface area contributed by atoms with E-state index in [1.165, 1.54) is 18.5 Å². The molecule has 0 spiro atoms. The summed E-state index contributed by atoms with van der Waals surface area (Å²) < 4.78 is 0. The molecule has 84 valence electrons. The van der Waals surface area contributed by atoms with Gasteiger partial charge >= 0.3 is 0 Å². The average Bonchev–Trinajstić information content (AvgIpc) is 2.65. The van der Waals surface area contributed by atoms with Crippen LogP contribution in [-0.2, 0) is 6.54 Å². The van der Waals surface area contributed by atoms with E-state index in [-0.39, 0.29) is 5.54 Å². The van der Waals surface area contributed by atoms with E-state index in [1.807, 2.05) is 12.3 Å².